The summed E-state index contributed by atoms with van der Waals surface area (Å²) in [6.45, 7) is 5.27. The van der Waals surface area contributed by atoms with Crippen molar-refractivity contribution in [3.8, 4) is 5.75 Å². The second kappa shape index (κ2) is 9.79. The summed E-state index contributed by atoms with van der Waals surface area (Å²) in [7, 11) is 0. The molecule has 1 aromatic carbocycles. The zero-order chi connectivity index (χ0) is 18.9. The number of carbonyl (C=O) groups is 3. The predicted molar refractivity (Wildman–Crippen MR) is 95.9 cm³/mol. The number of nitrogens with one attached hydrogen (secondary N) is 1. The van der Waals surface area contributed by atoms with E-state index in [4.69, 9.17) is 9.47 Å². The Bertz CT molecular complexity index is 647. The van der Waals surface area contributed by atoms with E-state index in [2.05, 4.69) is 5.32 Å². The van der Waals surface area contributed by atoms with E-state index in [9.17, 15) is 14.4 Å². The fraction of sp³-hybridized carbons (Fsp3) is 0.526. The Balaban J connectivity index is 2.15. The van der Waals surface area contributed by atoms with Gasteiger partial charge in [-0.1, -0.05) is 25.5 Å². The van der Waals surface area contributed by atoms with Gasteiger partial charge in [-0.15, -0.1) is 0 Å². The van der Waals surface area contributed by atoms with Crippen LogP contribution < -0.4 is 10.1 Å². The SMILES string of the molecule is CCCCOC(=O)C[C@H]1C(=O)NCCN1C(=O)c1ccccc1OCC. The van der Waals surface area contributed by atoms with E-state index in [-0.39, 0.29) is 18.2 Å². The van der Waals surface area contributed by atoms with Crippen molar-refractivity contribution in [1.29, 1.82) is 0 Å². The van der Waals surface area contributed by atoms with Crippen molar-refractivity contribution < 1.29 is 23.9 Å². The number of carbonyl (C=O) groups excluding carboxylic acids is 3. The fourth-order valence-corrected chi connectivity index (χ4v) is 2.79. The van der Waals surface area contributed by atoms with Crippen molar-refractivity contribution in [2.24, 2.45) is 0 Å². The third kappa shape index (κ3) is 4.97. The number of hydrogen-bond donors (Lipinski definition) is 1. The highest BCUT2D eigenvalue weighted by Crippen LogP contribution is 2.22. The number of ether oxygens (including phenoxy) is 2. The standard InChI is InChI=1S/C19H26N2O5/c1-3-5-12-26-17(22)13-15-18(23)20-10-11-21(15)19(24)14-8-6-7-9-16(14)25-4-2/h6-9,15H,3-5,10-13H2,1-2H3,(H,20,23)/t15-/m0/s1. The molecule has 1 atom stereocenters. The highest BCUT2D eigenvalue weighted by molar-refractivity contribution is 6.01. The predicted octanol–water partition coefficient (Wildman–Crippen LogP) is 1.76. The molecule has 7 nitrogen and oxygen atoms in total. The third-order valence-electron chi connectivity index (χ3n) is 4.13. The first-order valence-electron chi connectivity index (χ1n) is 9.04. The summed E-state index contributed by atoms with van der Waals surface area (Å²) in [5.74, 6) is -0.673. The van der Waals surface area contributed by atoms with Crippen LogP contribution in [0.15, 0.2) is 24.3 Å². The number of rotatable bonds is 8. The fourth-order valence-electron chi connectivity index (χ4n) is 2.79. The van der Waals surface area contributed by atoms with Gasteiger partial charge in [-0.25, -0.2) is 0 Å². The van der Waals surface area contributed by atoms with E-state index in [1.165, 1.54) is 4.90 Å². The van der Waals surface area contributed by atoms with Gasteiger partial charge in [0.15, 0.2) is 0 Å². The van der Waals surface area contributed by atoms with E-state index in [0.717, 1.165) is 12.8 Å². The van der Waals surface area contributed by atoms with E-state index >= 15 is 0 Å². The highest BCUT2D eigenvalue weighted by Gasteiger charge is 2.36. The quantitative estimate of drug-likeness (QED) is 0.563. The summed E-state index contributed by atoms with van der Waals surface area (Å²) in [5.41, 5.74) is 0.383. The number of esters is 1. The Hall–Kier alpha value is -2.57. The van der Waals surface area contributed by atoms with Gasteiger partial charge in [0.2, 0.25) is 5.91 Å². The van der Waals surface area contributed by atoms with Gasteiger partial charge < -0.3 is 19.7 Å². The molecule has 0 aromatic heterocycles. The van der Waals surface area contributed by atoms with Crippen LogP contribution in [0.25, 0.3) is 0 Å². The molecular formula is C19H26N2O5. The minimum Gasteiger partial charge on any atom is -0.493 e. The maximum atomic E-state index is 13.0. The summed E-state index contributed by atoms with van der Waals surface area (Å²) in [6.07, 6.45) is 1.53. The van der Waals surface area contributed by atoms with Crippen molar-refractivity contribution in [1.82, 2.24) is 10.2 Å². The Morgan fingerprint density at radius 1 is 1.27 bits per heavy atom. The van der Waals surface area contributed by atoms with Crippen LogP contribution in [0.1, 0.15) is 43.5 Å². The minimum absolute atomic E-state index is 0.155. The van der Waals surface area contributed by atoms with Crippen molar-refractivity contribution in [2.45, 2.75) is 39.2 Å². The second-order valence-electron chi connectivity index (χ2n) is 6.01. The maximum absolute atomic E-state index is 13.0. The number of nitrogens with zero attached hydrogens (tertiary/aromatic N) is 1. The van der Waals surface area contributed by atoms with Gasteiger partial charge in [0, 0.05) is 13.1 Å². The van der Waals surface area contributed by atoms with Crippen molar-refractivity contribution in [2.75, 3.05) is 26.3 Å². The monoisotopic (exact) mass is 362 g/mol. The van der Waals surface area contributed by atoms with Crippen LogP contribution in [0.4, 0.5) is 0 Å². The van der Waals surface area contributed by atoms with Gasteiger partial charge in [0.1, 0.15) is 11.8 Å². The van der Waals surface area contributed by atoms with Gasteiger partial charge in [0.25, 0.3) is 5.91 Å². The molecular weight excluding hydrogens is 336 g/mol. The minimum atomic E-state index is -0.875. The summed E-state index contributed by atoms with van der Waals surface area (Å²) >= 11 is 0. The molecule has 1 aliphatic heterocycles. The van der Waals surface area contributed by atoms with E-state index < -0.39 is 12.0 Å². The molecule has 0 unspecified atom stereocenters. The third-order valence-corrected chi connectivity index (χ3v) is 4.13. The molecule has 1 aliphatic rings. The molecule has 1 N–H and O–H groups in total. The number of piperazine rings is 1. The lowest BCUT2D eigenvalue weighted by Gasteiger charge is -2.34. The number of para-hydroxylation sites is 1. The second-order valence-corrected chi connectivity index (χ2v) is 6.01. The van der Waals surface area contributed by atoms with Gasteiger partial charge in [-0.2, -0.15) is 0 Å². The number of benzene rings is 1. The molecule has 0 saturated carbocycles. The van der Waals surface area contributed by atoms with Crippen LogP contribution in [0, 0.1) is 0 Å². The van der Waals surface area contributed by atoms with Crippen LogP contribution in [0.5, 0.6) is 5.75 Å². The largest absolute Gasteiger partial charge is 0.493 e. The van der Waals surface area contributed by atoms with Gasteiger partial charge in [0.05, 0.1) is 25.2 Å². The normalized spacial score (nSPS) is 16.8. The molecule has 142 valence electrons. The number of unbranched alkanes of at least 4 members (excludes halogenated alkanes) is 1. The molecule has 7 heteroatoms. The zero-order valence-corrected chi connectivity index (χ0v) is 15.3. The number of amides is 2. The molecule has 1 saturated heterocycles. The molecule has 2 amide bonds. The first kappa shape index (κ1) is 19.8. The summed E-state index contributed by atoms with van der Waals surface area (Å²) in [5, 5.41) is 2.71. The first-order valence-corrected chi connectivity index (χ1v) is 9.04. The van der Waals surface area contributed by atoms with Crippen LogP contribution in [0.2, 0.25) is 0 Å². The van der Waals surface area contributed by atoms with E-state index in [0.29, 0.717) is 37.6 Å². The van der Waals surface area contributed by atoms with Crippen LogP contribution >= 0.6 is 0 Å². The lowest BCUT2D eigenvalue weighted by molar-refractivity contribution is -0.147. The Morgan fingerprint density at radius 2 is 2.04 bits per heavy atom. The summed E-state index contributed by atoms with van der Waals surface area (Å²) in [6, 6.07) is 6.03. The average molecular weight is 362 g/mol. The lowest BCUT2D eigenvalue weighted by atomic mass is 10.1. The molecule has 1 aromatic rings. The maximum Gasteiger partial charge on any atom is 0.308 e. The smallest absolute Gasteiger partial charge is 0.308 e. The molecule has 0 spiro atoms. The average Bonchev–Trinajstić information content (AvgIpc) is 2.64. The van der Waals surface area contributed by atoms with Crippen molar-refractivity contribution in [3.63, 3.8) is 0 Å². The highest BCUT2D eigenvalue weighted by atomic mass is 16.5. The van der Waals surface area contributed by atoms with E-state index in [1.54, 1.807) is 24.3 Å². The first-order chi connectivity index (χ1) is 12.6. The van der Waals surface area contributed by atoms with Crippen LogP contribution in [-0.4, -0.2) is 55.0 Å². The number of hydrogen-bond acceptors (Lipinski definition) is 5. The van der Waals surface area contributed by atoms with Crippen molar-refractivity contribution >= 4 is 17.8 Å². The lowest BCUT2D eigenvalue weighted by Crippen LogP contribution is -2.57. The van der Waals surface area contributed by atoms with Crippen LogP contribution in [0.3, 0.4) is 0 Å². The molecule has 1 heterocycles. The molecule has 2 rings (SSSR count). The molecule has 26 heavy (non-hydrogen) atoms. The summed E-state index contributed by atoms with van der Waals surface area (Å²) in [4.78, 5) is 38.7. The summed E-state index contributed by atoms with van der Waals surface area (Å²) < 4.78 is 10.7. The van der Waals surface area contributed by atoms with E-state index in [1.807, 2.05) is 13.8 Å². The van der Waals surface area contributed by atoms with Gasteiger partial charge >= 0.3 is 5.97 Å². The molecule has 1 fully saturated rings. The van der Waals surface area contributed by atoms with Crippen molar-refractivity contribution in [3.05, 3.63) is 29.8 Å². The molecule has 0 aliphatic carbocycles. The Kier molecular flexibility index (Phi) is 7.44. The topological polar surface area (TPSA) is 84.9 Å². The zero-order valence-electron chi connectivity index (χ0n) is 15.3. The van der Waals surface area contributed by atoms with Crippen LogP contribution in [-0.2, 0) is 14.3 Å². The molecule has 0 radical (unpaired) electrons. The van der Waals surface area contributed by atoms with Gasteiger partial charge in [-0.3, -0.25) is 14.4 Å². The Labute approximate surface area is 153 Å². The van der Waals surface area contributed by atoms with Gasteiger partial charge in [-0.05, 0) is 25.5 Å². The Morgan fingerprint density at radius 3 is 2.77 bits per heavy atom. The molecule has 0 bridgehead atoms.